The van der Waals surface area contributed by atoms with E-state index in [1.807, 2.05) is 0 Å². The first kappa shape index (κ1) is 19.7. The van der Waals surface area contributed by atoms with Crippen LogP contribution >= 0.6 is 0 Å². The molecule has 1 aromatic carbocycles. The highest BCUT2D eigenvalue weighted by atomic mass is 16.5. The van der Waals surface area contributed by atoms with Gasteiger partial charge in [0.15, 0.2) is 0 Å². The first-order valence-corrected chi connectivity index (χ1v) is 11.4. The zero-order valence-electron chi connectivity index (χ0n) is 17.7. The van der Waals surface area contributed by atoms with E-state index in [0.717, 1.165) is 25.7 Å². The molecule has 0 aromatic heterocycles. The molecule has 1 aromatic rings. The number of allylic oxidation sites excluding steroid dienone is 1. The molecule has 3 heteroatoms. The standard InChI is InChI=1S/C25H36NO2/c1-3-15-26(2)21-13-14-22(26)18-23(17-21)28-25(27)16-20-11-7-8-12-24(20)19-9-5-4-6-10-19/h4-6,9-10,21-23H,3,7-8,11-18H2,1-2H3/q+1/t21-,22+,23?,26?. The topological polar surface area (TPSA) is 26.3 Å². The third kappa shape index (κ3) is 3.91. The number of ether oxygens (including phenoxy) is 1. The second-order valence-electron chi connectivity index (χ2n) is 9.37. The fourth-order valence-electron chi connectivity index (χ4n) is 6.19. The lowest BCUT2D eigenvalue weighted by molar-refractivity contribution is -0.949. The van der Waals surface area contributed by atoms with Crippen molar-refractivity contribution >= 4 is 11.5 Å². The van der Waals surface area contributed by atoms with Gasteiger partial charge < -0.3 is 9.22 Å². The summed E-state index contributed by atoms with van der Waals surface area (Å²) >= 11 is 0. The van der Waals surface area contributed by atoms with Gasteiger partial charge in [0.05, 0.1) is 32.1 Å². The molecule has 0 radical (unpaired) electrons. The highest BCUT2D eigenvalue weighted by molar-refractivity contribution is 5.79. The summed E-state index contributed by atoms with van der Waals surface area (Å²) in [5.74, 6) is 0.00123. The van der Waals surface area contributed by atoms with E-state index in [4.69, 9.17) is 4.74 Å². The highest BCUT2D eigenvalue weighted by Gasteiger charge is 2.51. The summed E-state index contributed by atoms with van der Waals surface area (Å²) in [7, 11) is 2.43. The maximum absolute atomic E-state index is 12.8. The predicted octanol–water partition coefficient (Wildman–Crippen LogP) is 5.50. The van der Waals surface area contributed by atoms with Crippen LogP contribution in [-0.4, -0.2) is 42.2 Å². The van der Waals surface area contributed by atoms with Crippen molar-refractivity contribution in [2.75, 3.05) is 13.6 Å². The molecule has 3 aliphatic rings. The molecule has 152 valence electrons. The maximum atomic E-state index is 12.8. The summed E-state index contributed by atoms with van der Waals surface area (Å²) in [5.41, 5.74) is 3.99. The number of piperidine rings is 1. The van der Waals surface area contributed by atoms with Crippen LogP contribution < -0.4 is 0 Å². The number of fused-ring (bicyclic) bond motifs is 2. The summed E-state index contributed by atoms with van der Waals surface area (Å²) in [5, 5.41) is 0. The Morgan fingerprint density at radius 1 is 1.07 bits per heavy atom. The minimum atomic E-state index is 0.00123. The number of hydrogen-bond acceptors (Lipinski definition) is 2. The van der Waals surface area contributed by atoms with E-state index in [0.29, 0.717) is 18.5 Å². The van der Waals surface area contributed by atoms with Crippen LogP contribution in [0, 0.1) is 0 Å². The predicted molar refractivity (Wildman–Crippen MR) is 114 cm³/mol. The van der Waals surface area contributed by atoms with Crippen LogP contribution in [0.1, 0.15) is 76.7 Å². The van der Waals surface area contributed by atoms with E-state index in [1.165, 1.54) is 59.8 Å². The average Bonchev–Trinajstić information content (AvgIpc) is 2.86. The van der Waals surface area contributed by atoms with E-state index in [1.54, 1.807) is 0 Å². The highest BCUT2D eigenvalue weighted by Crippen LogP contribution is 2.42. The summed E-state index contributed by atoms with van der Waals surface area (Å²) in [6.45, 7) is 3.56. The van der Waals surface area contributed by atoms with Gasteiger partial charge in [0.25, 0.3) is 0 Å². The van der Waals surface area contributed by atoms with E-state index < -0.39 is 0 Å². The molecule has 1 aliphatic carbocycles. The number of benzene rings is 1. The number of hydrogen-bond donors (Lipinski definition) is 0. The normalized spacial score (nSPS) is 32.4. The number of quaternary nitrogens is 1. The molecule has 2 fully saturated rings. The van der Waals surface area contributed by atoms with Crippen LogP contribution in [0.4, 0.5) is 0 Å². The largest absolute Gasteiger partial charge is 0.462 e. The molecule has 0 N–H and O–H groups in total. The average molecular weight is 383 g/mol. The van der Waals surface area contributed by atoms with E-state index >= 15 is 0 Å². The summed E-state index contributed by atoms with van der Waals surface area (Å²) in [4.78, 5) is 12.8. The minimum absolute atomic E-state index is 0.00123. The lowest BCUT2D eigenvalue weighted by Crippen LogP contribution is -2.59. The SMILES string of the molecule is CCC[N+]1(C)[C@@H]2CC[C@H]1CC(OC(=O)CC1=C(c3ccccc3)CCCC1)C2. The molecule has 2 bridgehead atoms. The Labute approximate surface area is 170 Å². The Bertz CT molecular complexity index is 709. The van der Waals surface area contributed by atoms with Crippen LogP contribution in [0.5, 0.6) is 0 Å². The first-order valence-electron chi connectivity index (χ1n) is 11.4. The molecular formula is C25H36NO2+. The zero-order valence-corrected chi connectivity index (χ0v) is 17.7. The van der Waals surface area contributed by atoms with Crippen molar-refractivity contribution in [3.63, 3.8) is 0 Å². The van der Waals surface area contributed by atoms with Gasteiger partial charge in [0, 0.05) is 25.7 Å². The Morgan fingerprint density at radius 3 is 2.43 bits per heavy atom. The molecule has 2 heterocycles. The van der Waals surface area contributed by atoms with E-state index in [-0.39, 0.29) is 12.1 Å². The van der Waals surface area contributed by atoms with Gasteiger partial charge in [-0.15, -0.1) is 0 Å². The van der Waals surface area contributed by atoms with Crippen molar-refractivity contribution in [2.45, 2.75) is 89.3 Å². The van der Waals surface area contributed by atoms with Crippen molar-refractivity contribution in [3.05, 3.63) is 41.5 Å². The smallest absolute Gasteiger partial charge is 0.310 e. The van der Waals surface area contributed by atoms with E-state index in [2.05, 4.69) is 44.3 Å². The zero-order chi connectivity index (χ0) is 19.6. The number of carbonyl (C=O) groups is 1. The van der Waals surface area contributed by atoms with Gasteiger partial charge in [-0.3, -0.25) is 4.79 Å². The fourth-order valence-corrected chi connectivity index (χ4v) is 6.19. The van der Waals surface area contributed by atoms with Gasteiger partial charge in [-0.1, -0.05) is 42.8 Å². The van der Waals surface area contributed by atoms with Crippen molar-refractivity contribution in [2.24, 2.45) is 0 Å². The van der Waals surface area contributed by atoms with Crippen molar-refractivity contribution in [1.29, 1.82) is 0 Å². The van der Waals surface area contributed by atoms with E-state index in [9.17, 15) is 4.79 Å². The number of esters is 1. The van der Waals surface area contributed by atoms with Gasteiger partial charge in [-0.2, -0.15) is 0 Å². The lowest BCUT2D eigenvalue weighted by Gasteiger charge is -2.46. The molecular weight excluding hydrogens is 346 g/mol. The molecule has 0 saturated carbocycles. The Balaban J connectivity index is 1.40. The van der Waals surface area contributed by atoms with Crippen molar-refractivity contribution in [1.82, 2.24) is 0 Å². The molecule has 2 saturated heterocycles. The molecule has 28 heavy (non-hydrogen) atoms. The monoisotopic (exact) mass is 382 g/mol. The second-order valence-corrected chi connectivity index (χ2v) is 9.37. The fraction of sp³-hybridized carbons (Fsp3) is 0.640. The third-order valence-corrected chi connectivity index (χ3v) is 7.64. The summed E-state index contributed by atoms with van der Waals surface area (Å²) in [6.07, 6.45) is 11.1. The molecule has 2 unspecified atom stereocenters. The summed E-state index contributed by atoms with van der Waals surface area (Å²) in [6, 6.07) is 12.0. The van der Waals surface area contributed by atoms with Gasteiger partial charge in [0.1, 0.15) is 6.10 Å². The number of nitrogens with zero attached hydrogens (tertiary/aromatic N) is 1. The molecule has 3 nitrogen and oxygen atoms in total. The third-order valence-electron chi connectivity index (χ3n) is 7.64. The number of rotatable bonds is 6. The van der Waals surface area contributed by atoms with Gasteiger partial charge in [-0.25, -0.2) is 0 Å². The van der Waals surface area contributed by atoms with Crippen LogP contribution in [0.2, 0.25) is 0 Å². The minimum Gasteiger partial charge on any atom is -0.462 e. The van der Waals surface area contributed by atoms with Gasteiger partial charge in [0.2, 0.25) is 0 Å². The van der Waals surface area contributed by atoms with Crippen LogP contribution in [0.25, 0.3) is 5.57 Å². The van der Waals surface area contributed by atoms with Crippen molar-refractivity contribution in [3.8, 4) is 0 Å². The van der Waals surface area contributed by atoms with Gasteiger partial charge in [-0.05, 0) is 43.2 Å². The summed E-state index contributed by atoms with van der Waals surface area (Å²) < 4.78 is 7.26. The molecule has 4 rings (SSSR count). The Morgan fingerprint density at radius 2 is 1.75 bits per heavy atom. The van der Waals surface area contributed by atoms with Crippen LogP contribution in [-0.2, 0) is 9.53 Å². The molecule has 4 atom stereocenters. The Kier molecular flexibility index (Phi) is 5.91. The number of carbonyl (C=O) groups excluding carboxylic acids is 1. The molecule has 0 amide bonds. The molecule has 0 spiro atoms. The van der Waals surface area contributed by atoms with Crippen molar-refractivity contribution < 1.29 is 14.0 Å². The van der Waals surface area contributed by atoms with Gasteiger partial charge >= 0.3 is 5.97 Å². The lowest BCUT2D eigenvalue weighted by atomic mass is 9.86. The Hall–Kier alpha value is -1.61. The van der Waals surface area contributed by atoms with Crippen LogP contribution in [0.3, 0.4) is 0 Å². The quantitative estimate of drug-likeness (QED) is 0.480. The maximum Gasteiger partial charge on any atom is 0.310 e. The first-order chi connectivity index (χ1) is 13.6. The van der Waals surface area contributed by atoms with Crippen LogP contribution in [0.15, 0.2) is 35.9 Å². The molecule has 2 aliphatic heterocycles. The second kappa shape index (κ2) is 8.41.